The van der Waals surface area contributed by atoms with Crippen molar-refractivity contribution in [2.24, 2.45) is 11.8 Å². The minimum absolute atomic E-state index is 0.0384. The summed E-state index contributed by atoms with van der Waals surface area (Å²) in [7, 11) is 0. The van der Waals surface area contributed by atoms with Crippen LogP contribution in [0.3, 0.4) is 0 Å². The number of carbonyl (C=O) groups excluding carboxylic acids is 1. The van der Waals surface area contributed by atoms with Crippen LogP contribution in [0.2, 0.25) is 0 Å². The summed E-state index contributed by atoms with van der Waals surface area (Å²) in [6, 6.07) is 0.284. The number of carboxylic acid groups (broad SMARTS) is 1. The average molecular weight is 283 g/mol. The Balaban J connectivity index is 2.59. The second-order valence-corrected chi connectivity index (χ2v) is 6.03. The van der Waals surface area contributed by atoms with Gasteiger partial charge in [-0.15, -0.1) is 0 Å². The molecule has 0 bridgehead atoms. The van der Waals surface area contributed by atoms with E-state index in [-0.39, 0.29) is 23.8 Å². The van der Waals surface area contributed by atoms with E-state index in [1.54, 1.807) is 0 Å². The third kappa shape index (κ3) is 4.50. The number of unbranched alkanes of at least 4 members (excludes halogenated alkanes) is 1. The van der Waals surface area contributed by atoms with Crippen molar-refractivity contribution >= 4 is 11.9 Å². The molecular weight excluding hydrogens is 254 g/mol. The van der Waals surface area contributed by atoms with E-state index in [9.17, 15) is 9.59 Å². The van der Waals surface area contributed by atoms with Gasteiger partial charge < -0.3 is 10.0 Å². The Kier molecular flexibility index (Phi) is 7.03. The molecule has 1 aliphatic rings. The zero-order valence-corrected chi connectivity index (χ0v) is 13.1. The van der Waals surface area contributed by atoms with E-state index in [4.69, 9.17) is 5.11 Å². The predicted molar refractivity (Wildman–Crippen MR) is 79.5 cm³/mol. The molecule has 1 fully saturated rings. The Morgan fingerprint density at radius 3 is 2.15 bits per heavy atom. The normalized spacial score (nSPS) is 24.1. The zero-order valence-electron chi connectivity index (χ0n) is 13.1. The van der Waals surface area contributed by atoms with Gasteiger partial charge in [0, 0.05) is 18.5 Å². The van der Waals surface area contributed by atoms with E-state index in [0.717, 1.165) is 38.6 Å². The highest BCUT2D eigenvalue weighted by Crippen LogP contribution is 2.30. The van der Waals surface area contributed by atoms with Crippen LogP contribution in [0.5, 0.6) is 0 Å². The molecule has 4 nitrogen and oxygen atoms in total. The van der Waals surface area contributed by atoms with Gasteiger partial charge in [0.1, 0.15) is 0 Å². The highest BCUT2D eigenvalue weighted by molar-refractivity contribution is 5.79. The number of hydrogen-bond donors (Lipinski definition) is 1. The molecule has 116 valence electrons. The summed E-state index contributed by atoms with van der Waals surface area (Å²) in [6.07, 6.45) is 5.86. The smallest absolute Gasteiger partial charge is 0.306 e. The molecule has 1 saturated carbocycles. The van der Waals surface area contributed by atoms with Crippen molar-refractivity contribution in [2.45, 2.75) is 71.8 Å². The fourth-order valence-corrected chi connectivity index (χ4v) is 2.92. The maximum absolute atomic E-state index is 12.7. The van der Waals surface area contributed by atoms with Crippen molar-refractivity contribution in [1.82, 2.24) is 4.90 Å². The van der Waals surface area contributed by atoms with Crippen LogP contribution in [-0.2, 0) is 9.59 Å². The molecule has 0 aromatic heterocycles. The Labute approximate surface area is 122 Å². The van der Waals surface area contributed by atoms with E-state index in [0.29, 0.717) is 12.8 Å². The van der Waals surface area contributed by atoms with Crippen LogP contribution in [0.25, 0.3) is 0 Å². The summed E-state index contributed by atoms with van der Waals surface area (Å²) in [6.45, 7) is 7.19. The Morgan fingerprint density at radius 1 is 1.15 bits per heavy atom. The number of hydrogen-bond acceptors (Lipinski definition) is 2. The second kappa shape index (κ2) is 8.28. The fourth-order valence-electron chi connectivity index (χ4n) is 2.92. The van der Waals surface area contributed by atoms with E-state index in [2.05, 4.69) is 20.8 Å². The maximum Gasteiger partial charge on any atom is 0.306 e. The van der Waals surface area contributed by atoms with Crippen LogP contribution in [-0.4, -0.2) is 34.5 Å². The summed E-state index contributed by atoms with van der Waals surface area (Å²) in [5.74, 6) is -0.666. The Morgan fingerprint density at radius 2 is 1.70 bits per heavy atom. The van der Waals surface area contributed by atoms with Gasteiger partial charge in [-0.2, -0.15) is 0 Å². The molecule has 1 rings (SSSR count). The topological polar surface area (TPSA) is 57.6 Å². The molecule has 0 aliphatic heterocycles. The third-order valence-electron chi connectivity index (χ3n) is 4.58. The summed E-state index contributed by atoms with van der Waals surface area (Å²) in [4.78, 5) is 25.6. The van der Waals surface area contributed by atoms with Gasteiger partial charge in [0.25, 0.3) is 0 Å². The largest absolute Gasteiger partial charge is 0.481 e. The molecule has 0 spiro atoms. The van der Waals surface area contributed by atoms with Crippen molar-refractivity contribution < 1.29 is 14.7 Å². The number of nitrogens with zero attached hydrogens (tertiary/aromatic N) is 1. The molecule has 20 heavy (non-hydrogen) atoms. The molecule has 1 amide bonds. The molecule has 1 unspecified atom stereocenters. The van der Waals surface area contributed by atoms with Crippen molar-refractivity contribution in [2.75, 3.05) is 6.54 Å². The predicted octanol–water partition coefficient (Wildman–Crippen LogP) is 3.30. The van der Waals surface area contributed by atoms with E-state index in [1.165, 1.54) is 0 Å². The van der Waals surface area contributed by atoms with Crippen molar-refractivity contribution in [1.29, 1.82) is 0 Å². The quantitative estimate of drug-likeness (QED) is 0.780. The van der Waals surface area contributed by atoms with Gasteiger partial charge in [-0.1, -0.05) is 20.3 Å². The first kappa shape index (κ1) is 17.0. The first-order valence-corrected chi connectivity index (χ1v) is 8.04. The van der Waals surface area contributed by atoms with Crippen LogP contribution in [0.15, 0.2) is 0 Å². The van der Waals surface area contributed by atoms with Gasteiger partial charge in [-0.05, 0) is 45.4 Å². The van der Waals surface area contributed by atoms with Crippen LogP contribution in [0.4, 0.5) is 0 Å². The van der Waals surface area contributed by atoms with E-state index < -0.39 is 5.97 Å². The zero-order chi connectivity index (χ0) is 15.1. The number of aliphatic carboxylic acids is 1. The van der Waals surface area contributed by atoms with Crippen molar-refractivity contribution in [3.05, 3.63) is 0 Å². The molecule has 1 N–H and O–H groups in total. The van der Waals surface area contributed by atoms with E-state index in [1.807, 2.05) is 4.90 Å². The minimum Gasteiger partial charge on any atom is -0.481 e. The molecule has 0 aromatic carbocycles. The number of carboxylic acids is 1. The van der Waals surface area contributed by atoms with Gasteiger partial charge in [0.05, 0.1) is 5.92 Å². The molecule has 0 aromatic rings. The SMILES string of the molecule is CCCCN(C(=O)C1CCC(C(=O)O)CC1)C(C)CC. The van der Waals surface area contributed by atoms with Gasteiger partial charge in [-0.25, -0.2) is 0 Å². The van der Waals surface area contributed by atoms with Crippen LogP contribution >= 0.6 is 0 Å². The molecular formula is C16H29NO3. The highest BCUT2D eigenvalue weighted by atomic mass is 16.4. The lowest BCUT2D eigenvalue weighted by molar-refractivity contribution is -0.146. The van der Waals surface area contributed by atoms with Gasteiger partial charge in [0.15, 0.2) is 0 Å². The Bertz CT molecular complexity index is 322. The molecule has 1 aliphatic carbocycles. The van der Waals surface area contributed by atoms with Gasteiger partial charge in [0.2, 0.25) is 5.91 Å². The van der Waals surface area contributed by atoms with Crippen molar-refractivity contribution in [3.63, 3.8) is 0 Å². The molecule has 1 atom stereocenters. The number of rotatable bonds is 7. The summed E-state index contributed by atoms with van der Waals surface area (Å²) in [5.41, 5.74) is 0. The first-order valence-electron chi connectivity index (χ1n) is 8.04. The van der Waals surface area contributed by atoms with Crippen LogP contribution in [0.1, 0.15) is 65.7 Å². The van der Waals surface area contributed by atoms with E-state index >= 15 is 0 Å². The fraction of sp³-hybridized carbons (Fsp3) is 0.875. The van der Waals surface area contributed by atoms with Crippen molar-refractivity contribution in [3.8, 4) is 0 Å². The summed E-state index contributed by atoms with van der Waals surface area (Å²) < 4.78 is 0. The third-order valence-corrected chi connectivity index (χ3v) is 4.58. The average Bonchev–Trinajstić information content (AvgIpc) is 2.47. The van der Waals surface area contributed by atoms with Gasteiger partial charge >= 0.3 is 5.97 Å². The lowest BCUT2D eigenvalue weighted by Crippen LogP contribution is -2.43. The summed E-state index contributed by atoms with van der Waals surface area (Å²) in [5, 5.41) is 9.02. The molecule has 0 saturated heterocycles. The monoisotopic (exact) mass is 283 g/mol. The Hall–Kier alpha value is -1.06. The maximum atomic E-state index is 12.7. The second-order valence-electron chi connectivity index (χ2n) is 6.03. The minimum atomic E-state index is -0.708. The lowest BCUT2D eigenvalue weighted by atomic mass is 9.81. The summed E-state index contributed by atoms with van der Waals surface area (Å²) >= 11 is 0. The van der Waals surface area contributed by atoms with Crippen LogP contribution in [0, 0.1) is 11.8 Å². The van der Waals surface area contributed by atoms with Crippen LogP contribution < -0.4 is 0 Å². The molecule has 4 heteroatoms. The molecule has 0 heterocycles. The number of amides is 1. The lowest BCUT2D eigenvalue weighted by Gasteiger charge is -2.34. The highest BCUT2D eigenvalue weighted by Gasteiger charge is 2.32. The first-order chi connectivity index (χ1) is 9.51. The molecule has 0 radical (unpaired) electrons. The van der Waals surface area contributed by atoms with Gasteiger partial charge in [-0.3, -0.25) is 9.59 Å². The standard InChI is InChI=1S/C16H29NO3/c1-4-6-11-17(12(3)5-2)15(18)13-7-9-14(10-8-13)16(19)20/h12-14H,4-11H2,1-3H3,(H,19,20). The number of carbonyl (C=O) groups is 2.